The van der Waals surface area contributed by atoms with Crippen molar-refractivity contribution in [2.45, 2.75) is 26.3 Å². The number of carbonyl (C=O) groups excluding carboxylic acids is 2. The van der Waals surface area contributed by atoms with Gasteiger partial charge in [-0.15, -0.1) is 0 Å². The normalized spacial score (nSPS) is 15.6. The molecule has 1 unspecified atom stereocenters. The number of hydrogen-bond donors (Lipinski definition) is 3. The van der Waals surface area contributed by atoms with Gasteiger partial charge < -0.3 is 16.0 Å². The van der Waals surface area contributed by atoms with Gasteiger partial charge in [-0.2, -0.15) is 0 Å². The number of rotatable bonds is 6. The Kier molecular flexibility index (Phi) is 6.82. The van der Waals surface area contributed by atoms with Gasteiger partial charge >= 0.3 is 0 Å². The van der Waals surface area contributed by atoms with Crippen LogP contribution in [0, 0.1) is 5.92 Å². The van der Waals surface area contributed by atoms with Crippen molar-refractivity contribution in [3.05, 3.63) is 46.5 Å². The van der Waals surface area contributed by atoms with Crippen LogP contribution in [0.2, 0.25) is 5.02 Å². The number of benzene rings is 1. The van der Waals surface area contributed by atoms with Crippen LogP contribution in [0.15, 0.2) is 35.9 Å². The van der Waals surface area contributed by atoms with Gasteiger partial charge in [0, 0.05) is 13.1 Å². The Balaban J connectivity index is 1.98. The molecule has 2 amide bonds. The SMILES string of the molecule is CC(C)C(NC(=O)c1ccccc1Cl)C(=O)NCC1=CCNCC1. The summed E-state index contributed by atoms with van der Waals surface area (Å²) in [6.07, 6.45) is 3.02. The Morgan fingerprint density at radius 2 is 2.04 bits per heavy atom. The maximum atomic E-state index is 12.5. The van der Waals surface area contributed by atoms with Gasteiger partial charge in [0.25, 0.3) is 5.91 Å². The van der Waals surface area contributed by atoms with Crippen LogP contribution >= 0.6 is 11.6 Å². The van der Waals surface area contributed by atoms with E-state index < -0.39 is 6.04 Å². The zero-order valence-corrected chi connectivity index (χ0v) is 14.8. The summed E-state index contributed by atoms with van der Waals surface area (Å²) < 4.78 is 0. The summed E-state index contributed by atoms with van der Waals surface area (Å²) in [6, 6.07) is 6.21. The van der Waals surface area contributed by atoms with E-state index in [1.54, 1.807) is 24.3 Å². The largest absolute Gasteiger partial charge is 0.351 e. The van der Waals surface area contributed by atoms with Crippen LogP contribution in [0.25, 0.3) is 0 Å². The first-order valence-electron chi connectivity index (χ1n) is 8.20. The highest BCUT2D eigenvalue weighted by Crippen LogP contribution is 2.15. The molecule has 0 saturated carbocycles. The van der Waals surface area contributed by atoms with Crippen LogP contribution in [0.3, 0.4) is 0 Å². The zero-order valence-electron chi connectivity index (χ0n) is 14.1. The first-order valence-corrected chi connectivity index (χ1v) is 8.58. The predicted molar refractivity (Wildman–Crippen MR) is 96.1 cm³/mol. The minimum atomic E-state index is -0.601. The average molecular weight is 350 g/mol. The molecule has 1 aliphatic rings. The van der Waals surface area contributed by atoms with Crippen molar-refractivity contribution in [1.29, 1.82) is 0 Å². The number of amides is 2. The lowest BCUT2D eigenvalue weighted by Crippen LogP contribution is -2.50. The molecule has 0 aromatic heterocycles. The second kappa shape index (κ2) is 8.85. The highest BCUT2D eigenvalue weighted by Gasteiger charge is 2.25. The van der Waals surface area contributed by atoms with Crippen LogP contribution in [-0.2, 0) is 4.79 Å². The van der Waals surface area contributed by atoms with Crippen LogP contribution < -0.4 is 16.0 Å². The number of nitrogens with one attached hydrogen (secondary N) is 3. The standard InChI is InChI=1S/C18H24ClN3O2/c1-12(2)16(18(24)21-11-13-7-9-20-10-8-13)22-17(23)14-5-3-4-6-15(14)19/h3-7,12,16,20H,8-11H2,1-2H3,(H,21,24)(H,22,23). The van der Waals surface area contributed by atoms with E-state index in [4.69, 9.17) is 11.6 Å². The molecule has 0 bridgehead atoms. The molecular weight excluding hydrogens is 326 g/mol. The van der Waals surface area contributed by atoms with Crippen molar-refractivity contribution in [1.82, 2.24) is 16.0 Å². The summed E-state index contributed by atoms with van der Waals surface area (Å²) in [5.41, 5.74) is 1.58. The second-order valence-corrected chi connectivity index (χ2v) is 6.62. The van der Waals surface area contributed by atoms with Gasteiger partial charge in [-0.05, 0) is 31.0 Å². The Labute approximate surface area is 147 Å². The van der Waals surface area contributed by atoms with Crippen molar-refractivity contribution in [2.24, 2.45) is 5.92 Å². The van der Waals surface area contributed by atoms with Crippen LogP contribution in [0.1, 0.15) is 30.6 Å². The lowest BCUT2D eigenvalue weighted by Gasteiger charge is -2.23. The third-order valence-corrected chi connectivity index (χ3v) is 4.33. The summed E-state index contributed by atoms with van der Waals surface area (Å²) in [5.74, 6) is -0.543. The lowest BCUT2D eigenvalue weighted by atomic mass is 10.0. The van der Waals surface area contributed by atoms with Gasteiger partial charge in [-0.3, -0.25) is 9.59 Å². The smallest absolute Gasteiger partial charge is 0.253 e. The molecular formula is C18H24ClN3O2. The molecule has 1 heterocycles. The molecule has 130 valence electrons. The van der Waals surface area contributed by atoms with Crippen molar-refractivity contribution in [2.75, 3.05) is 19.6 Å². The van der Waals surface area contributed by atoms with Gasteiger partial charge in [-0.25, -0.2) is 0 Å². The molecule has 3 N–H and O–H groups in total. The molecule has 0 aliphatic carbocycles. The molecule has 1 atom stereocenters. The summed E-state index contributed by atoms with van der Waals surface area (Å²) in [7, 11) is 0. The van der Waals surface area contributed by atoms with Gasteiger partial charge in [0.1, 0.15) is 6.04 Å². The Morgan fingerprint density at radius 3 is 2.67 bits per heavy atom. The molecule has 0 radical (unpaired) electrons. The van der Waals surface area contributed by atoms with E-state index >= 15 is 0 Å². The Hall–Kier alpha value is -1.85. The van der Waals surface area contributed by atoms with E-state index in [9.17, 15) is 9.59 Å². The molecule has 0 fully saturated rings. The molecule has 0 spiro atoms. The van der Waals surface area contributed by atoms with Crippen molar-refractivity contribution in [3.63, 3.8) is 0 Å². The first-order chi connectivity index (χ1) is 11.5. The maximum Gasteiger partial charge on any atom is 0.253 e. The molecule has 5 nitrogen and oxygen atoms in total. The fourth-order valence-electron chi connectivity index (χ4n) is 2.54. The highest BCUT2D eigenvalue weighted by molar-refractivity contribution is 6.33. The highest BCUT2D eigenvalue weighted by atomic mass is 35.5. The van der Waals surface area contributed by atoms with E-state index in [0.717, 1.165) is 19.5 Å². The molecule has 1 aromatic rings. The van der Waals surface area contributed by atoms with Gasteiger partial charge in [0.2, 0.25) is 5.91 Å². The number of hydrogen-bond acceptors (Lipinski definition) is 3. The van der Waals surface area contributed by atoms with Crippen molar-refractivity contribution in [3.8, 4) is 0 Å². The molecule has 0 saturated heterocycles. The number of carbonyl (C=O) groups is 2. The summed E-state index contributed by atoms with van der Waals surface area (Å²) in [5, 5.41) is 9.32. The summed E-state index contributed by atoms with van der Waals surface area (Å²) in [4.78, 5) is 24.9. The Bertz CT molecular complexity index is 628. The quantitative estimate of drug-likeness (QED) is 0.689. The van der Waals surface area contributed by atoms with Crippen LogP contribution in [-0.4, -0.2) is 37.5 Å². The van der Waals surface area contributed by atoms with Crippen LogP contribution in [0.4, 0.5) is 0 Å². The Morgan fingerprint density at radius 1 is 1.29 bits per heavy atom. The van der Waals surface area contributed by atoms with E-state index in [1.165, 1.54) is 5.57 Å². The lowest BCUT2D eigenvalue weighted by molar-refractivity contribution is -0.123. The summed E-state index contributed by atoms with van der Waals surface area (Å²) in [6.45, 7) is 6.09. The van der Waals surface area contributed by atoms with Gasteiger partial charge in [-0.1, -0.05) is 49.2 Å². The average Bonchev–Trinajstić information content (AvgIpc) is 2.58. The fraction of sp³-hybridized carbons (Fsp3) is 0.444. The fourth-order valence-corrected chi connectivity index (χ4v) is 2.76. The maximum absolute atomic E-state index is 12.5. The molecule has 1 aromatic carbocycles. The monoisotopic (exact) mass is 349 g/mol. The minimum Gasteiger partial charge on any atom is -0.351 e. The van der Waals surface area contributed by atoms with Crippen molar-refractivity contribution >= 4 is 23.4 Å². The van der Waals surface area contributed by atoms with E-state index in [2.05, 4.69) is 22.0 Å². The molecule has 24 heavy (non-hydrogen) atoms. The summed E-state index contributed by atoms with van der Waals surface area (Å²) >= 11 is 6.05. The molecule has 1 aliphatic heterocycles. The minimum absolute atomic E-state index is 0.0292. The van der Waals surface area contributed by atoms with E-state index in [1.807, 2.05) is 13.8 Å². The second-order valence-electron chi connectivity index (χ2n) is 6.21. The molecule has 6 heteroatoms. The van der Waals surface area contributed by atoms with Crippen LogP contribution in [0.5, 0.6) is 0 Å². The zero-order chi connectivity index (χ0) is 17.5. The molecule has 2 rings (SSSR count). The first kappa shape index (κ1) is 18.5. The third-order valence-electron chi connectivity index (χ3n) is 4.00. The van der Waals surface area contributed by atoms with Crippen molar-refractivity contribution < 1.29 is 9.59 Å². The topological polar surface area (TPSA) is 70.2 Å². The third kappa shape index (κ3) is 5.08. The van der Waals surface area contributed by atoms with E-state index in [-0.39, 0.29) is 17.7 Å². The predicted octanol–water partition coefficient (Wildman–Crippen LogP) is 2.13. The van der Waals surface area contributed by atoms with Gasteiger partial charge in [0.05, 0.1) is 10.6 Å². The number of halogens is 1. The van der Waals surface area contributed by atoms with E-state index in [0.29, 0.717) is 17.1 Å². The van der Waals surface area contributed by atoms with Gasteiger partial charge in [0.15, 0.2) is 0 Å².